The van der Waals surface area contributed by atoms with Gasteiger partial charge in [0.2, 0.25) is 0 Å². The van der Waals surface area contributed by atoms with Gasteiger partial charge in [-0.05, 0) is 67.6 Å². The number of aryl methyl sites for hydroxylation is 1. The zero-order chi connectivity index (χ0) is 23.5. The molecule has 0 saturated heterocycles. The molecule has 0 atom stereocenters. The van der Waals surface area contributed by atoms with Gasteiger partial charge in [-0.3, -0.25) is 4.79 Å². The van der Waals surface area contributed by atoms with Gasteiger partial charge in [0, 0.05) is 10.4 Å². The fraction of sp³-hybridized carbons (Fsp3) is 0.192. The van der Waals surface area contributed by atoms with Crippen LogP contribution < -0.4 is 5.32 Å². The van der Waals surface area contributed by atoms with Crippen LogP contribution in [0.4, 0.5) is 5.00 Å². The Balaban J connectivity index is 1.39. The molecule has 1 aromatic carbocycles. The topological polar surface area (TPSA) is 105 Å². The van der Waals surface area contributed by atoms with Crippen LogP contribution in [0.1, 0.15) is 55.5 Å². The van der Waals surface area contributed by atoms with Crippen LogP contribution in [0.2, 0.25) is 0 Å². The summed E-state index contributed by atoms with van der Waals surface area (Å²) < 4.78 is 11.2. The largest absolute Gasteiger partial charge is 0.478 e. The number of amides is 1. The number of carbonyl (C=O) groups is 2. The van der Waals surface area contributed by atoms with E-state index in [0.29, 0.717) is 40.0 Å². The van der Waals surface area contributed by atoms with Gasteiger partial charge in [-0.1, -0.05) is 12.1 Å². The van der Waals surface area contributed by atoms with Crippen LogP contribution in [-0.4, -0.2) is 23.2 Å². The maximum Gasteiger partial charge on any atom is 0.335 e. The molecule has 0 saturated carbocycles. The first kappa shape index (κ1) is 21.9. The highest BCUT2D eigenvalue weighted by Crippen LogP contribution is 2.40. The fourth-order valence-corrected chi connectivity index (χ4v) is 5.28. The second-order valence-electron chi connectivity index (χ2n) is 8.00. The molecular formula is C26H22N2O5S. The van der Waals surface area contributed by atoms with E-state index in [4.69, 9.17) is 8.83 Å². The molecule has 1 amide bonds. The third-order valence-electron chi connectivity index (χ3n) is 5.71. The number of aromatic carboxylic acids is 1. The van der Waals surface area contributed by atoms with Crippen molar-refractivity contribution in [3.63, 3.8) is 0 Å². The minimum atomic E-state index is -0.991. The molecule has 5 rings (SSSR count). The lowest BCUT2D eigenvalue weighted by atomic mass is 9.95. The maximum atomic E-state index is 13.1. The molecule has 3 heterocycles. The lowest BCUT2D eigenvalue weighted by Crippen LogP contribution is -2.23. The quantitative estimate of drug-likeness (QED) is 0.327. The first-order valence-corrected chi connectivity index (χ1v) is 11.8. The smallest absolute Gasteiger partial charge is 0.335 e. The Bertz CT molecular complexity index is 1360. The lowest BCUT2D eigenvalue weighted by molar-refractivity contribution is 0.0696. The number of hydrogen-bond acceptors (Lipinski definition) is 6. The zero-order valence-corrected chi connectivity index (χ0v) is 19.1. The van der Waals surface area contributed by atoms with Crippen LogP contribution in [-0.2, 0) is 19.4 Å². The van der Waals surface area contributed by atoms with Crippen molar-refractivity contribution in [2.75, 3.05) is 0 Å². The molecule has 4 aromatic rings. The van der Waals surface area contributed by atoms with Gasteiger partial charge in [0.1, 0.15) is 22.3 Å². The number of carbonyl (C=O) groups excluding carboxylic acids is 1. The van der Waals surface area contributed by atoms with Gasteiger partial charge in [-0.25, -0.2) is 9.79 Å². The van der Waals surface area contributed by atoms with Crippen LogP contribution in [0.5, 0.6) is 0 Å². The molecular weight excluding hydrogens is 452 g/mol. The number of carboxylic acids is 1. The summed E-state index contributed by atoms with van der Waals surface area (Å²) in [7, 11) is 0. The number of thiophene rings is 1. The van der Waals surface area contributed by atoms with E-state index in [1.165, 1.54) is 10.9 Å². The average molecular weight is 475 g/mol. The molecule has 172 valence electrons. The van der Waals surface area contributed by atoms with E-state index >= 15 is 0 Å². The van der Waals surface area contributed by atoms with Gasteiger partial charge in [0.25, 0.3) is 5.91 Å². The normalized spacial score (nSPS) is 13.2. The molecule has 1 aliphatic rings. The average Bonchev–Trinajstić information content (AvgIpc) is 3.61. The number of fused-ring (bicyclic) bond motifs is 1. The van der Waals surface area contributed by atoms with Crippen LogP contribution in [0.25, 0.3) is 11.3 Å². The van der Waals surface area contributed by atoms with Crippen molar-refractivity contribution < 1.29 is 23.5 Å². The molecule has 7 nitrogen and oxygen atoms in total. The van der Waals surface area contributed by atoms with Crippen molar-refractivity contribution >= 4 is 34.4 Å². The van der Waals surface area contributed by atoms with Crippen LogP contribution in [0, 0.1) is 0 Å². The minimum absolute atomic E-state index is 0.159. The summed E-state index contributed by atoms with van der Waals surface area (Å²) in [5, 5.41) is 12.8. The van der Waals surface area contributed by atoms with Gasteiger partial charge in [-0.15, -0.1) is 11.3 Å². The number of carboxylic acid groups (broad SMARTS) is 1. The summed E-state index contributed by atoms with van der Waals surface area (Å²) in [5.74, 6) is 0.608. The van der Waals surface area contributed by atoms with Gasteiger partial charge in [-0.2, -0.15) is 0 Å². The highest BCUT2D eigenvalue weighted by Gasteiger charge is 2.25. The molecule has 2 N–H and O–H groups in total. The third kappa shape index (κ3) is 4.58. The number of nitrogens with one attached hydrogen (secondary N) is 1. The van der Waals surface area contributed by atoms with Crippen LogP contribution in [0.3, 0.4) is 0 Å². The summed E-state index contributed by atoms with van der Waals surface area (Å²) in [6.45, 7) is 0.316. The Morgan fingerprint density at radius 1 is 1.12 bits per heavy atom. The van der Waals surface area contributed by atoms with Crippen molar-refractivity contribution in [1.29, 1.82) is 0 Å². The zero-order valence-electron chi connectivity index (χ0n) is 18.2. The summed E-state index contributed by atoms with van der Waals surface area (Å²) in [4.78, 5) is 30.2. The highest BCUT2D eigenvalue weighted by molar-refractivity contribution is 7.16. The van der Waals surface area contributed by atoms with Gasteiger partial charge >= 0.3 is 5.97 Å². The minimum Gasteiger partial charge on any atom is -0.478 e. The Morgan fingerprint density at radius 2 is 2.00 bits per heavy atom. The summed E-state index contributed by atoms with van der Waals surface area (Å²) in [6.07, 6.45) is 7.18. The third-order valence-corrected chi connectivity index (χ3v) is 6.91. The van der Waals surface area contributed by atoms with Crippen molar-refractivity contribution in [1.82, 2.24) is 5.32 Å². The molecule has 1 aliphatic carbocycles. The number of furan rings is 2. The molecule has 0 spiro atoms. The van der Waals surface area contributed by atoms with Gasteiger partial charge in [0.15, 0.2) is 0 Å². The molecule has 0 radical (unpaired) electrons. The SMILES string of the molecule is O=C(O)c1cccc(-c2ccc(C=Nc3sc4c(c3C(=O)NCc3ccco3)CCCC4)o2)c1. The highest BCUT2D eigenvalue weighted by atomic mass is 32.1. The van der Waals surface area contributed by atoms with Crippen LogP contribution >= 0.6 is 11.3 Å². The monoisotopic (exact) mass is 474 g/mol. The Kier molecular flexibility index (Phi) is 6.14. The van der Waals surface area contributed by atoms with E-state index in [9.17, 15) is 14.7 Å². The molecule has 0 aliphatic heterocycles. The molecule has 0 bridgehead atoms. The van der Waals surface area contributed by atoms with E-state index in [1.54, 1.807) is 60.2 Å². The van der Waals surface area contributed by atoms with Crippen molar-refractivity contribution in [2.24, 2.45) is 4.99 Å². The Hall–Kier alpha value is -3.91. The summed E-state index contributed by atoms with van der Waals surface area (Å²) in [6, 6.07) is 13.7. The predicted octanol–water partition coefficient (Wildman–Crippen LogP) is 5.86. The van der Waals surface area contributed by atoms with Crippen molar-refractivity contribution in [3.8, 4) is 11.3 Å². The number of hydrogen-bond donors (Lipinski definition) is 2. The lowest BCUT2D eigenvalue weighted by Gasteiger charge is -2.12. The second kappa shape index (κ2) is 9.52. The predicted molar refractivity (Wildman–Crippen MR) is 129 cm³/mol. The summed E-state index contributed by atoms with van der Waals surface area (Å²) >= 11 is 1.55. The number of benzene rings is 1. The molecule has 34 heavy (non-hydrogen) atoms. The van der Waals surface area contributed by atoms with Gasteiger partial charge < -0.3 is 19.3 Å². The van der Waals surface area contributed by atoms with E-state index in [-0.39, 0.29) is 11.5 Å². The van der Waals surface area contributed by atoms with E-state index < -0.39 is 5.97 Å². The van der Waals surface area contributed by atoms with Crippen molar-refractivity contribution in [3.05, 3.63) is 87.9 Å². The fourth-order valence-electron chi connectivity index (χ4n) is 4.05. The number of aliphatic imine (C=N–C) groups is 1. The summed E-state index contributed by atoms with van der Waals surface area (Å²) in [5.41, 5.74) is 2.58. The van der Waals surface area contributed by atoms with Crippen LogP contribution in [0.15, 0.2) is 68.6 Å². The second-order valence-corrected chi connectivity index (χ2v) is 9.08. The number of rotatable bonds is 7. The first-order valence-electron chi connectivity index (χ1n) is 11.0. The Morgan fingerprint density at radius 3 is 2.82 bits per heavy atom. The first-order chi connectivity index (χ1) is 16.6. The van der Waals surface area contributed by atoms with Gasteiger partial charge in [0.05, 0.1) is 30.1 Å². The molecule has 0 unspecified atom stereocenters. The van der Waals surface area contributed by atoms with E-state index in [2.05, 4.69) is 10.3 Å². The van der Waals surface area contributed by atoms with E-state index in [1.807, 2.05) is 6.07 Å². The maximum absolute atomic E-state index is 13.1. The standard InChI is InChI=1S/C26H22N2O5S/c29-24(27-14-18-7-4-12-32-18)23-20-8-1-2-9-22(20)34-25(23)28-15-19-10-11-21(33-19)16-5-3-6-17(13-16)26(30)31/h3-7,10-13,15H,1-2,8-9,14H2,(H,27,29)(H,30,31). The van der Waals surface area contributed by atoms with E-state index in [0.717, 1.165) is 31.2 Å². The molecule has 3 aromatic heterocycles. The van der Waals surface area contributed by atoms with Crippen molar-refractivity contribution in [2.45, 2.75) is 32.2 Å². The Labute approximate surface area is 199 Å². The number of nitrogens with zero attached hydrogens (tertiary/aromatic N) is 1. The molecule has 8 heteroatoms. The molecule has 0 fully saturated rings.